The summed E-state index contributed by atoms with van der Waals surface area (Å²) in [5.74, 6) is 0.735. The minimum atomic E-state index is -0.333. The smallest absolute Gasteiger partial charge is 0.230 e. The first-order valence-corrected chi connectivity index (χ1v) is 8.99. The highest BCUT2D eigenvalue weighted by Gasteiger charge is 2.28. The molecule has 28 heavy (non-hydrogen) atoms. The number of nitrogens with zero attached hydrogens (tertiary/aromatic N) is 8. The minimum absolute atomic E-state index is 0.115. The van der Waals surface area contributed by atoms with Crippen molar-refractivity contribution < 1.29 is 8.91 Å². The fraction of sp³-hybridized carbons (Fsp3) is 0.333. The van der Waals surface area contributed by atoms with Crippen molar-refractivity contribution in [2.75, 3.05) is 0 Å². The largest absolute Gasteiger partial charge is 0.339 e. The zero-order valence-corrected chi connectivity index (χ0v) is 15.2. The third-order valence-electron chi connectivity index (χ3n) is 5.11. The molecule has 1 aromatic carbocycles. The second-order valence-corrected chi connectivity index (χ2v) is 6.94. The Balaban J connectivity index is 1.36. The van der Waals surface area contributed by atoms with E-state index < -0.39 is 0 Å². The van der Waals surface area contributed by atoms with Gasteiger partial charge in [-0.3, -0.25) is 4.68 Å². The summed E-state index contributed by atoms with van der Waals surface area (Å²) in [7, 11) is 1.89. The maximum absolute atomic E-state index is 14.5. The Morgan fingerprint density at radius 1 is 1.25 bits per heavy atom. The van der Waals surface area contributed by atoms with E-state index in [1.165, 1.54) is 6.07 Å². The average molecular weight is 380 g/mol. The molecule has 142 valence electrons. The van der Waals surface area contributed by atoms with Crippen LogP contribution in [0.5, 0.6) is 0 Å². The van der Waals surface area contributed by atoms with Gasteiger partial charge in [0.05, 0.1) is 17.9 Å². The molecular weight excluding hydrogens is 363 g/mol. The molecule has 0 aliphatic heterocycles. The number of halogens is 1. The molecule has 1 unspecified atom stereocenters. The number of aryl methyl sites for hydroxylation is 2. The lowest BCUT2D eigenvalue weighted by Gasteiger charge is -2.17. The molecule has 0 saturated heterocycles. The van der Waals surface area contributed by atoms with Gasteiger partial charge in [0.15, 0.2) is 0 Å². The van der Waals surface area contributed by atoms with Crippen molar-refractivity contribution in [3.8, 4) is 11.4 Å². The van der Waals surface area contributed by atoms with Crippen LogP contribution in [-0.2, 0) is 26.4 Å². The van der Waals surface area contributed by atoms with Crippen molar-refractivity contribution in [1.29, 1.82) is 0 Å². The van der Waals surface area contributed by atoms with E-state index in [0.717, 1.165) is 30.7 Å². The van der Waals surface area contributed by atoms with Gasteiger partial charge in [-0.25, -0.2) is 4.39 Å². The predicted octanol–water partition coefficient (Wildman–Crippen LogP) is 1.92. The van der Waals surface area contributed by atoms with Crippen LogP contribution in [0, 0.1) is 5.82 Å². The Morgan fingerprint density at radius 3 is 2.93 bits per heavy atom. The predicted molar refractivity (Wildman–Crippen MR) is 94.6 cm³/mol. The molecule has 0 spiro atoms. The number of hydrogen-bond donors (Lipinski definition) is 0. The first-order chi connectivity index (χ1) is 13.7. The maximum atomic E-state index is 14.5. The molecule has 0 radical (unpaired) electrons. The van der Waals surface area contributed by atoms with Gasteiger partial charge < -0.3 is 9.09 Å². The van der Waals surface area contributed by atoms with Crippen molar-refractivity contribution in [1.82, 2.24) is 39.9 Å². The van der Waals surface area contributed by atoms with Crippen LogP contribution in [0.3, 0.4) is 0 Å². The highest BCUT2D eigenvalue weighted by molar-refractivity contribution is 5.55. The van der Waals surface area contributed by atoms with Crippen molar-refractivity contribution >= 4 is 0 Å². The molecule has 0 bridgehead atoms. The summed E-state index contributed by atoms with van der Waals surface area (Å²) in [6.07, 6.45) is 5.56. The number of fused-ring (bicyclic) bond motifs is 1. The van der Waals surface area contributed by atoms with Gasteiger partial charge in [0.2, 0.25) is 11.7 Å². The van der Waals surface area contributed by atoms with E-state index in [1.807, 2.05) is 7.05 Å². The van der Waals surface area contributed by atoms with Gasteiger partial charge in [-0.1, -0.05) is 22.5 Å². The molecule has 1 atom stereocenters. The summed E-state index contributed by atoms with van der Waals surface area (Å²) in [6.45, 7) is 0.361. The van der Waals surface area contributed by atoms with Gasteiger partial charge in [0.1, 0.15) is 18.5 Å². The third kappa shape index (κ3) is 2.96. The van der Waals surface area contributed by atoms with E-state index in [2.05, 4.69) is 30.7 Å². The zero-order valence-electron chi connectivity index (χ0n) is 15.2. The molecular formula is C18H17FN8O. The summed E-state index contributed by atoms with van der Waals surface area (Å²) < 4.78 is 23.5. The van der Waals surface area contributed by atoms with Crippen molar-refractivity contribution in [2.24, 2.45) is 7.05 Å². The Bertz CT molecular complexity index is 1120. The Hall–Kier alpha value is -3.43. The van der Waals surface area contributed by atoms with Gasteiger partial charge in [-0.05, 0) is 18.9 Å². The van der Waals surface area contributed by atoms with Crippen LogP contribution >= 0.6 is 0 Å². The van der Waals surface area contributed by atoms with Crippen LogP contribution in [0.2, 0.25) is 0 Å². The van der Waals surface area contributed by atoms with Crippen LogP contribution in [0.25, 0.3) is 11.4 Å². The molecule has 0 N–H and O–H groups in total. The molecule has 1 aliphatic carbocycles. The van der Waals surface area contributed by atoms with Crippen LogP contribution < -0.4 is 0 Å². The highest BCUT2D eigenvalue weighted by atomic mass is 19.1. The second-order valence-electron chi connectivity index (χ2n) is 6.94. The monoisotopic (exact) mass is 380 g/mol. The summed E-state index contributed by atoms with van der Waals surface area (Å²) in [5.41, 5.74) is 3.25. The van der Waals surface area contributed by atoms with Gasteiger partial charge in [0.25, 0.3) is 0 Å². The number of aromatic nitrogens is 8. The number of hydrogen-bond acceptors (Lipinski definition) is 7. The number of rotatable bonds is 4. The Kier molecular flexibility index (Phi) is 3.96. The van der Waals surface area contributed by atoms with Gasteiger partial charge >= 0.3 is 0 Å². The summed E-state index contributed by atoms with van der Waals surface area (Å²) in [6, 6.07) is 4.94. The first kappa shape index (κ1) is 16.7. The zero-order chi connectivity index (χ0) is 19.1. The molecule has 10 heteroatoms. The van der Waals surface area contributed by atoms with Gasteiger partial charge in [-0.2, -0.15) is 4.98 Å². The molecule has 0 amide bonds. The van der Waals surface area contributed by atoms with Crippen molar-refractivity contribution in [3.63, 3.8) is 0 Å². The molecule has 0 saturated carbocycles. The summed E-state index contributed by atoms with van der Waals surface area (Å²) >= 11 is 0. The van der Waals surface area contributed by atoms with E-state index in [9.17, 15) is 4.39 Å². The lowest BCUT2D eigenvalue weighted by atomic mass is 9.89. The minimum Gasteiger partial charge on any atom is -0.339 e. The van der Waals surface area contributed by atoms with E-state index in [4.69, 9.17) is 4.52 Å². The Morgan fingerprint density at radius 2 is 2.11 bits per heavy atom. The van der Waals surface area contributed by atoms with Crippen molar-refractivity contribution in [2.45, 2.75) is 31.7 Å². The fourth-order valence-electron chi connectivity index (χ4n) is 3.55. The molecule has 9 nitrogen and oxygen atoms in total. The summed E-state index contributed by atoms with van der Waals surface area (Å²) in [5, 5.41) is 19.8. The standard InChI is InChI=1S/C18H17FN8O/c1-26-16-7-12(4-5-15(16)23-25-26)18-22-17(24-28-18)11-2-3-13(14(19)6-11)8-27-9-20-21-10-27/h2-3,6,9-10,12H,4-5,7-8H2,1H3. The van der Waals surface area contributed by atoms with Crippen LogP contribution in [0.1, 0.15) is 35.2 Å². The van der Waals surface area contributed by atoms with E-state index in [-0.39, 0.29) is 11.7 Å². The molecule has 1 aliphatic rings. The van der Waals surface area contributed by atoms with Gasteiger partial charge in [-0.15, -0.1) is 15.3 Å². The fourth-order valence-corrected chi connectivity index (χ4v) is 3.55. The average Bonchev–Trinajstić information content (AvgIpc) is 3.45. The lowest BCUT2D eigenvalue weighted by Crippen LogP contribution is -2.15. The normalized spacial score (nSPS) is 16.3. The summed E-state index contributed by atoms with van der Waals surface area (Å²) in [4.78, 5) is 4.52. The lowest BCUT2D eigenvalue weighted by molar-refractivity contribution is 0.338. The SMILES string of the molecule is Cn1nnc2c1CC(c1nc(-c3ccc(Cn4cnnc4)c(F)c3)no1)CC2. The van der Waals surface area contributed by atoms with Crippen LogP contribution in [0.15, 0.2) is 35.4 Å². The second kappa shape index (κ2) is 6.63. The van der Waals surface area contributed by atoms with Gasteiger partial charge in [0, 0.05) is 30.5 Å². The molecule has 0 fully saturated rings. The molecule has 4 aromatic rings. The van der Waals surface area contributed by atoms with E-state index in [0.29, 0.717) is 29.4 Å². The quantitative estimate of drug-likeness (QED) is 0.533. The van der Waals surface area contributed by atoms with Crippen LogP contribution in [0.4, 0.5) is 4.39 Å². The first-order valence-electron chi connectivity index (χ1n) is 8.99. The number of benzene rings is 1. The third-order valence-corrected chi connectivity index (χ3v) is 5.11. The maximum Gasteiger partial charge on any atom is 0.230 e. The molecule has 3 heterocycles. The van der Waals surface area contributed by atoms with E-state index >= 15 is 0 Å². The highest BCUT2D eigenvalue weighted by Crippen LogP contribution is 2.31. The topological polar surface area (TPSA) is 100 Å². The van der Waals surface area contributed by atoms with Crippen LogP contribution in [-0.4, -0.2) is 39.9 Å². The Labute approximate surface area is 159 Å². The van der Waals surface area contributed by atoms with E-state index in [1.54, 1.807) is 34.0 Å². The van der Waals surface area contributed by atoms with Crippen molar-refractivity contribution in [3.05, 3.63) is 59.5 Å². The molecule has 3 aromatic heterocycles. The molecule has 5 rings (SSSR count).